The number of nitrogens with zero attached hydrogens (tertiary/aromatic N) is 1. The van der Waals surface area contributed by atoms with E-state index < -0.39 is 0 Å². The molecule has 17 heavy (non-hydrogen) atoms. The summed E-state index contributed by atoms with van der Waals surface area (Å²) in [5.41, 5.74) is 0.855. The van der Waals surface area contributed by atoms with E-state index in [1.54, 1.807) is 11.9 Å². The normalized spacial score (nSPS) is 10.2. The zero-order valence-electron chi connectivity index (χ0n) is 10.1. The van der Waals surface area contributed by atoms with Crippen LogP contribution in [0, 0.1) is 0 Å². The summed E-state index contributed by atoms with van der Waals surface area (Å²) >= 11 is 0. The third kappa shape index (κ3) is 2.38. The third-order valence-corrected chi connectivity index (χ3v) is 2.85. The van der Waals surface area contributed by atoms with E-state index in [1.807, 2.05) is 49.4 Å². The number of rotatable bonds is 2. The maximum Gasteiger partial charge on any atom is 0.321 e. The molecule has 0 heterocycles. The molecule has 2 aromatic carbocycles. The van der Waals surface area contributed by atoms with Crippen molar-refractivity contribution in [1.82, 2.24) is 4.90 Å². The Morgan fingerprint density at radius 3 is 2.65 bits per heavy atom. The Hall–Kier alpha value is -2.03. The summed E-state index contributed by atoms with van der Waals surface area (Å²) in [6, 6.07) is 13.8. The summed E-state index contributed by atoms with van der Waals surface area (Å²) in [7, 11) is 1.78. The van der Waals surface area contributed by atoms with Gasteiger partial charge in [0.1, 0.15) is 0 Å². The standard InChI is InChI=1S/C14H16N2O/c1-3-16(2)14(17)15-13-10-6-8-11-7-4-5-9-12(11)13/h4-10H,3H2,1-2H3,(H,15,17). The Balaban J connectivity index is 2.33. The topological polar surface area (TPSA) is 32.3 Å². The predicted molar refractivity (Wildman–Crippen MR) is 71.3 cm³/mol. The first-order valence-corrected chi connectivity index (χ1v) is 5.72. The monoisotopic (exact) mass is 228 g/mol. The minimum Gasteiger partial charge on any atom is -0.328 e. The Kier molecular flexibility index (Phi) is 3.28. The van der Waals surface area contributed by atoms with E-state index >= 15 is 0 Å². The zero-order valence-corrected chi connectivity index (χ0v) is 10.1. The molecule has 3 heteroatoms. The molecule has 0 unspecified atom stereocenters. The number of amides is 2. The minimum atomic E-state index is -0.0798. The van der Waals surface area contributed by atoms with Crippen LogP contribution >= 0.6 is 0 Å². The van der Waals surface area contributed by atoms with Gasteiger partial charge in [-0.1, -0.05) is 36.4 Å². The molecule has 0 atom stereocenters. The summed E-state index contributed by atoms with van der Waals surface area (Å²) in [6.45, 7) is 2.64. The summed E-state index contributed by atoms with van der Waals surface area (Å²) in [4.78, 5) is 13.4. The molecule has 0 fully saturated rings. The first-order chi connectivity index (χ1) is 8.22. The van der Waals surface area contributed by atoms with Crippen molar-refractivity contribution in [3.05, 3.63) is 42.5 Å². The summed E-state index contributed by atoms with van der Waals surface area (Å²) in [5.74, 6) is 0. The van der Waals surface area contributed by atoms with Gasteiger partial charge in [-0.3, -0.25) is 0 Å². The molecule has 3 nitrogen and oxygen atoms in total. The number of fused-ring (bicyclic) bond motifs is 1. The lowest BCUT2D eigenvalue weighted by atomic mass is 10.1. The molecule has 2 rings (SSSR count). The highest BCUT2D eigenvalue weighted by molar-refractivity contribution is 6.01. The van der Waals surface area contributed by atoms with Gasteiger partial charge in [0.05, 0.1) is 5.69 Å². The van der Waals surface area contributed by atoms with Gasteiger partial charge in [0.25, 0.3) is 0 Å². The van der Waals surface area contributed by atoms with E-state index in [1.165, 1.54) is 0 Å². The van der Waals surface area contributed by atoms with Crippen LogP contribution in [0.15, 0.2) is 42.5 Å². The molecule has 0 aliphatic heterocycles. The van der Waals surface area contributed by atoms with Crippen LogP contribution in [0.2, 0.25) is 0 Å². The first-order valence-electron chi connectivity index (χ1n) is 5.72. The molecule has 0 saturated carbocycles. The fourth-order valence-corrected chi connectivity index (χ4v) is 1.69. The van der Waals surface area contributed by atoms with Crippen molar-refractivity contribution in [2.75, 3.05) is 18.9 Å². The molecule has 0 aliphatic rings. The molecule has 0 saturated heterocycles. The van der Waals surface area contributed by atoms with Crippen molar-refractivity contribution in [1.29, 1.82) is 0 Å². The van der Waals surface area contributed by atoms with E-state index in [9.17, 15) is 4.79 Å². The Bertz CT molecular complexity index is 531. The molecule has 0 spiro atoms. The smallest absolute Gasteiger partial charge is 0.321 e. The second-order valence-corrected chi connectivity index (χ2v) is 3.97. The van der Waals surface area contributed by atoms with Gasteiger partial charge < -0.3 is 10.2 Å². The van der Waals surface area contributed by atoms with Gasteiger partial charge in [-0.15, -0.1) is 0 Å². The number of carbonyl (C=O) groups excluding carboxylic acids is 1. The van der Waals surface area contributed by atoms with E-state index in [2.05, 4.69) is 5.32 Å². The lowest BCUT2D eigenvalue weighted by Crippen LogP contribution is -2.30. The Morgan fingerprint density at radius 2 is 1.88 bits per heavy atom. The second kappa shape index (κ2) is 4.87. The highest BCUT2D eigenvalue weighted by atomic mass is 16.2. The predicted octanol–water partition coefficient (Wildman–Crippen LogP) is 3.32. The van der Waals surface area contributed by atoms with Crippen molar-refractivity contribution in [2.45, 2.75) is 6.92 Å². The molecule has 2 aromatic rings. The van der Waals surface area contributed by atoms with E-state index in [-0.39, 0.29) is 6.03 Å². The summed E-state index contributed by atoms with van der Waals surface area (Å²) < 4.78 is 0. The van der Waals surface area contributed by atoms with Crippen molar-refractivity contribution < 1.29 is 4.79 Å². The third-order valence-electron chi connectivity index (χ3n) is 2.85. The van der Waals surface area contributed by atoms with Gasteiger partial charge in [0, 0.05) is 19.0 Å². The molecular formula is C14H16N2O. The highest BCUT2D eigenvalue weighted by Gasteiger charge is 2.08. The van der Waals surface area contributed by atoms with Crippen LogP contribution in [0.25, 0.3) is 10.8 Å². The number of hydrogen-bond acceptors (Lipinski definition) is 1. The van der Waals surface area contributed by atoms with Gasteiger partial charge >= 0.3 is 6.03 Å². The molecule has 0 radical (unpaired) electrons. The molecule has 0 aromatic heterocycles. The molecule has 1 N–H and O–H groups in total. The van der Waals surface area contributed by atoms with E-state index in [0.717, 1.165) is 16.5 Å². The van der Waals surface area contributed by atoms with Crippen LogP contribution < -0.4 is 5.32 Å². The molecule has 88 valence electrons. The number of hydrogen-bond donors (Lipinski definition) is 1. The van der Waals surface area contributed by atoms with Crippen LogP contribution in [-0.4, -0.2) is 24.5 Å². The Labute approximate surface area is 101 Å². The van der Waals surface area contributed by atoms with E-state index in [0.29, 0.717) is 6.54 Å². The summed E-state index contributed by atoms with van der Waals surface area (Å²) in [6.07, 6.45) is 0. The molecular weight excluding hydrogens is 212 g/mol. The van der Waals surface area contributed by atoms with Gasteiger partial charge in [-0.25, -0.2) is 4.79 Å². The van der Waals surface area contributed by atoms with Crippen molar-refractivity contribution in [3.63, 3.8) is 0 Å². The molecule has 0 aliphatic carbocycles. The van der Waals surface area contributed by atoms with Crippen LogP contribution in [-0.2, 0) is 0 Å². The van der Waals surface area contributed by atoms with Crippen molar-refractivity contribution in [2.24, 2.45) is 0 Å². The summed E-state index contributed by atoms with van der Waals surface area (Å²) in [5, 5.41) is 5.11. The lowest BCUT2D eigenvalue weighted by Gasteiger charge is -2.16. The lowest BCUT2D eigenvalue weighted by molar-refractivity contribution is 0.224. The Morgan fingerprint density at radius 1 is 1.18 bits per heavy atom. The quantitative estimate of drug-likeness (QED) is 0.840. The number of carbonyl (C=O) groups is 1. The fraction of sp³-hybridized carbons (Fsp3) is 0.214. The SMILES string of the molecule is CCN(C)C(=O)Nc1cccc2ccccc12. The zero-order chi connectivity index (χ0) is 12.3. The number of nitrogens with one attached hydrogen (secondary N) is 1. The number of urea groups is 1. The van der Waals surface area contributed by atoms with E-state index in [4.69, 9.17) is 0 Å². The average molecular weight is 228 g/mol. The van der Waals surface area contributed by atoms with Gasteiger partial charge in [0.15, 0.2) is 0 Å². The number of benzene rings is 2. The first kappa shape index (κ1) is 11.5. The van der Waals surface area contributed by atoms with Crippen LogP contribution in [0.3, 0.4) is 0 Å². The second-order valence-electron chi connectivity index (χ2n) is 3.97. The van der Waals surface area contributed by atoms with Gasteiger partial charge in [-0.05, 0) is 18.4 Å². The van der Waals surface area contributed by atoms with Crippen LogP contribution in [0.5, 0.6) is 0 Å². The van der Waals surface area contributed by atoms with Crippen molar-refractivity contribution in [3.8, 4) is 0 Å². The molecule has 0 bridgehead atoms. The van der Waals surface area contributed by atoms with Crippen LogP contribution in [0.4, 0.5) is 10.5 Å². The average Bonchev–Trinajstić information content (AvgIpc) is 2.38. The van der Waals surface area contributed by atoms with Gasteiger partial charge in [0.2, 0.25) is 0 Å². The molecule has 2 amide bonds. The van der Waals surface area contributed by atoms with Crippen molar-refractivity contribution >= 4 is 22.5 Å². The van der Waals surface area contributed by atoms with Crippen LogP contribution in [0.1, 0.15) is 6.92 Å². The fourth-order valence-electron chi connectivity index (χ4n) is 1.69. The maximum absolute atomic E-state index is 11.8. The van der Waals surface area contributed by atoms with Gasteiger partial charge in [-0.2, -0.15) is 0 Å². The maximum atomic E-state index is 11.8. The minimum absolute atomic E-state index is 0.0798. The largest absolute Gasteiger partial charge is 0.328 e. The highest BCUT2D eigenvalue weighted by Crippen LogP contribution is 2.22. The number of anilines is 1.